The summed E-state index contributed by atoms with van der Waals surface area (Å²) < 4.78 is 14.0. The van der Waals surface area contributed by atoms with Gasteiger partial charge in [0.25, 0.3) is 0 Å². The van der Waals surface area contributed by atoms with Gasteiger partial charge in [0.1, 0.15) is 5.82 Å². The number of aromatic amines is 1. The van der Waals surface area contributed by atoms with E-state index in [0.29, 0.717) is 23.0 Å². The summed E-state index contributed by atoms with van der Waals surface area (Å²) in [6.07, 6.45) is 0.653. The molecule has 0 fully saturated rings. The zero-order valence-corrected chi connectivity index (χ0v) is 11.6. The van der Waals surface area contributed by atoms with Crippen molar-refractivity contribution in [1.82, 2.24) is 9.97 Å². The van der Waals surface area contributed by atoms with Crippen LogP contribution in [0.15, 0.2) is 52.5 Å². The van der Waals surface area contributed by atoms with E-state index in [1.54, 1.807) is 6.07 Å². The summed E-state index contributed by atoms with van der Waals surface area (Å²) in [5.41, 5.74) is 8.33. The molecule has 3 aromatic rings. The van der Waals surface area contributed by atoms with Gasteiger partial charge in [0.05, 0.1) is 15.9 Å². The molecular formula is C15H14FN3S. The molecule has 3 nitrogen and oxygen atoms in total. The van der Waals surface area contributed by atoms with E-state index in [9.17, 15) is 4.39 Å². The van der Waals surface area contributed by atoms with Gasteiger partial charge in [-0.3, -0.25) is 0 Å². The van der Waals surface area contributed by atoms with Crippen LogP contribution in [-0.2, 0) is 6.42 Å². The first-order valence-corrected chi connectivity index (χ1v) is 7.19. The van der Waals surface area contributed by atoms with Gasteiger partial charge in [-0.05, 0) is 48.5 Å². The normalized spacial score (nSPS) is 11.1. The average Bonchev–Trinajstić information content (AvgIpc) is 2.85. The minimum absolute atomic E-state index is 0.235. The van der Waals surface area contributed by atoms with Gasteiger partial charge in [0.15, 0.2) is 5.16 Å². The van der Waals surface area contributed by atoms with Gasteiger partial charge in [-0.25, -0.2) is 9.37 Å². The van der Waals surface area contributed by atoms with Gasteiger partial charge in [0.2, 0.25) is 0 Å². The van der Waals surface area contributed by atoms with Crippen molar-refractivity contribution in [2.75, 3.05) is 6.54 Å². The number of nitrogens with two attached hydrogens (primary N) is 1. The number of rotatable bonds is 4. The van der Waals surface area contributed by atoms with Gasteiger partial charge >= 0.3 is 0 Å². The number of hydrogen-bond acceptors (Lipinski definition) is 3. The lowest BCUT2D eigenvalue weighted by Gasteiger charge is -2.07. The van der Waals surface area contributed by atoms with Crippen LogP contribution in [0.2, 0.25) is 0 Å². The number of imidazole rings is 1. The predicted molar refractivity (Wildman–Crippen MR) is 79.4 cm³/mol. The maximum atomic E-state index is 14.0. The molecule has 0 amide bonds. The molecule has 102 valence electrons. The molecule has 3 rings (SSSR count). The smallest absolute Gasteiger partial charge is 0.171 e. The van der Waals surface area contributed by atoms with Crippen LogP contribution >= 0.6 is 11.8 Å². The lowest BCUT2D eigenvalue weighted by atomic mass is 10.1. The quantitative estimate of drug-likeness (QED) is 0.773. The van der Waals surface area contributed by atoms with Crippen molar-refractivity contribution < 1.29 is 4.39 Å². The molecule has 0 atom stereocenters. The predicted octanol–water partition coefficient (Wildman–Crippen LogP) is 3.35. The van der Waals surface area contributed by atoms with E-state index in [1.165, 1.54) is 17.8 Å². The highest BCUT2D eigenvalue weighted by molar-refractivity contribution is 7.99. The summed E-state index contributed by atoms with van der Waals surface area (Å²) in [7, 11) is 0. The fourth-order valence-electron chi connectivity index (χ4n) is 2.09. The summed E-state index contributed by atoms with van der Waals surface area (Å²) >= 11 is 1.31. The highest BCUT2D eigenvalue weighted by Gasteiger charge is 2.12. The van der Waals surface area contributed by atoms with Gasteiger partial charge < -0.3 is 10.7 Å². The van der Waals surface area contributed by atoms with Crippen molar-refractivity contribution in [3.63, 3.8) is 0 Å². The number of aromatic nitrogens is 2. The number of hydrogen-bond donors (Lipinski definition) is 2. The third-order valence-corrected chi connectivity index (χ3v) is 4.08. The monoisotopic (exact) mass is 287 g/mol. The maximum absolute atomic E-state index is 14.0. The molecule has 3 N–H and O–H groups in total. The largest absolute Gasteiger partial charge is 0.333 e. The zero-order chi connectivity index (χ0) is 13.9. The van der Waals surface area contributed by atoms with E-state index in [2.05, 4.69) is 9.97 Å². The van der Waals surface area contributed by atoms with Crippen molar-refractivity contribution in [2.45, 2.75) is 16.5 Å². The first kappa shape index (κ1) is 13.1. The summed E-state index contributed by atoms with van der Waals surface area (Å²) in [5.74, 6) is -0.235. The van der Waals surface area contributed by atoms with Crippen molar-refractivity contribution >= 4 is 22.8 Å². The van der Waals surface area contributed by atoms with Crippen LogP contribution in [0, 0.1) is 5.82 Å². The Morgan fingerprint density at radius 2 is 2.00 bits per heavy atom. The number of H-pyrrole nitrogens is 1. The molecule has 0 saturated heterocycles. The summed E-state index contributed by atoms with van der Waals surface area (Å²) in [4.78, 5) is 8.25. The molecule has 0 saturated carbocycles. The molecule has 0 spiro atoms. The van der Waals surface area contributed by atoms with Crippen molar-refractivity contribution in [3.8, 4) is 0 Å². The van der Waals surface area contributed by atoms with Crippen molar-refractivity contribution in [1.29, 1.82) is 0 Å². The molecule has 0 aliphatic heterocycles. The summed E-state index contributed by atoms with van der Waals surface area (Å²) in [5, 5.41) is 0.689. The Balaban J connectivity index is 1.97. The van der Waals surface area contributed by atoms with Crippen molar-refractivity contribution in [3.05, 3.63) is 53.8 Å². The minimum atomic E-state index is -0.235. The van der Waals surface area contributed by atoms with Crippen LogP contribution < -0.4 is 5.73 Å². The summed E-state index contributed by atoms with van der Waals surface area (Å²) in [6, 6.07) is 12.8. The van der Waals surface area contributed by atoms with E-state index >= 15 is 0 Å². The first-order valence-electron chi connectivity index (χ1n) is 6.38. The van der Waals surface area contributed by atoms with E-state index in [-0.39, 0.29) is 5.82 Å². The Labute approximate surface area is 120 Å². The fraction of sp³-hybridized carbons (Fsp3) is 0.133. The fourth-order valence-corrected chi connectivity index (χ4v) is 3.06. The molecule has 0 unspecified atom stereocenters. The van der Waals surface area contributed by atoms with Crippen molar-refractivity contribution in [2.24, 2.45) is 5.73 Å². The summed E-state index contributed by atoms with van der Waals surface area (Å²) in [6.45, 7) is 0.497. The minimum Gasteiger partial charge on any atom is -0.333 e. The number of halogens is 1. The molecule has 0 aliphatic carbocycles. The molecule has 20 heavy (non-hydrogen) atoms. The van der Waals surface area contributed by atoms with Gasteiger partial charge in [-0.2, -0.15) is 0 Å². The molecule has 5 heteroatoms. The maximum Gasteiger partial charge on any atom is 0.171 e. The highest BCUT2D eigenvalue weighted by Crippen LogP contribution is 2.32. The van der Waals surface area contributed by atoms with Gasteiger partial charge in [0, 0.05) is 0 Å². The van der Waals surface area contributed by atoms with E-state index < -0.39 is 0 Å². The molecule has 1 heterocycles. The molecule has 1 aromatic heterocycles. The number of para-hydroxylation sites is 2. The van der Waals surface area contributed by atoms with E-state index in [4.69, 9.17) is 5.73 Å². The van der Waals surface area contributed by atoms with E-state index in [1.807, 2.05) is 30.3 Å². The molecule has 2 aromatic carbocycles. The topological polar surface area (TPSA) is 54.7 Å². The van der Waals surface area contributed by atoms with Gasteiger partial charge in [-0.1, -0.05) is 24.3 Å². The van der Waals surface area contributed by atoms with Gasteiger partial charge in [-0.15, -0.1) is 0 Å². The second-order valence-electron chi connectivity index (χ2n) is 4.43. The Bertz CT molecular complexity index is 706. The Morgan fingerprint density at radius 3 is 2.80 bits per heavy atom. The average molecular weight is 287 g/mol. The molecule has 0 bridgehead atoms. The van der Waals surface area contributed by atoms with E-state index in [0.717, 1.165) is 16.6 Å². The third kappa shape index (κ3) is 2.55. The number of fused-ring (bicyclic) bond motifs is 1. The van der Waals surface area contributed by atoms with Crippen LogP contribution in [0.5, 0.6) is 0 Å². The number of benzene rings is 2. The lowest BCUT2D eigenvalue weighted by Crippen LogP contribution is -2.04. The van der Waals surface area contributed by atoms with Crippen LogP contribution in [0.3, 0.4) is 0 Å². The first-order chi connectivity index (χ1) is 9.78. The third-order valence-electron chi connectivity index (χ3n) is 3.03. The number of nitrogens with zero attached hydrogens (tertiary/aromatic N) is 1. The van der Waals surface area contributed by atoms with Crippen LogP contribution in [-0.4, -0.2) is 16.5 Å². The number of nitrogens with one attached hydrogen (secondary N) is 1. The molecular weight excluding hydrogens is 273 g/mol. The molecule has 0 aliphatic rings. The van der Waals surface area contributed by atoms with Crippen LogP contribution in [0.1, 0.15) is 5.56 Å². The Kier molecular flexibility index (Phi) is 3.71. The standard InChI is InChI=1S/C15H14FN3S/c16-11-5-3-4-10(8-9-17)14(11)20-15-18-12-6-1-2-7-13(12)19-15/h1-7H,8-9,17H2,(H,18,19). The Morgan fingerprint density at radius 1 is 1.15 bits per heavy atom. The molecule has 0 radical (unpaired) electrons. The highest BCUT2D eigenvalue weighted by atomic mass is 32.2. The van der Waals surface area contributed by atoms with Crippen LogP contribution in [0.4, 0.5) is 4.39 Å². The Hall–Kier alpha value is -1.85. The lowest BCUT2D eigenvalue weighted by molar-refractivity contribution is 0.596. The van der Waals surface area contributed by atoms with Crippen LogP contribution in [0.25, 0.3) is 11.0 Å². The SMILES string of the molecule is NCCc1cccc(F)c1Sc1nc2ccccc2[nH]1. The second kappa shape index (κ2) is 5.64. The second-order valence-corrected chi connectivity index (χ2v) is 5.43. The zero-order valence-electron chi connectivity index (χ0n) is 10.8.